The quantitative estimate of drug-likeness (QED) is 0.224. The van der Waals surface area contributed by atoms with Gasteiger partial charge in [0.05, 0.1) is 0 Å². The van der Waals surface area contributed by atoms with Gasteiger partial charge in [0.2, 0.25) is 0 Å². The summed E-state index contributed by atoms with van der Waals surface area (Å²) in [6.07, 6.45) is -2.25. The molecule has 2 N–H and O–H groups in total. The predicted octanol–water partition coefficient (Wildman–Crippen LogP) is -1.61. The molecular weight excluding hydrogens is 219 g/mol. The van der Waals surface area contributed by atoms with Crippen LogP contribution in [-0.4, -0.2) is 61.9 Å². The van der Waals surface area contributed by atoms with Gasteiger partial charge in [-0.3, -0.25) is 0 Å². The molecule has 0 saturated carbocycles. The fourth-order valence-electron chi connectivity index (χ4n) is 0.0373. The minimum Gasteiger partial charge on any atom is -1.00 e. The van der Waals surface area contributed by atoms with Crippen LogP contribution in [-0.2, 0) is 26.8 Å². The van der Waals surface area contributed by atoms with Crippen LogP contribution < -0.4 is 0 Å². The van der Waals surface area contributed by atoms with Gasteiger partial charge in [-0.2, -0.15) is 0 Å². The Balaban J connectivity index is -0.0000000312. The number of hydrogen-bond acceptors (Lipinski definition) is 4. The van der Waals surface area contributed by atoms with Crippen molar-refractivity contribution in [2.24, 2.45) is 0 Å². The van der Waals surface area contributed by atoms with Gasteiger partial charge in [-0.25, -0.2) is 0 Å². The molecule has 0 atom stereocenters. The van der Waals surface area contributed by atoms with Crippen molar-refractivity contribution in [3.05, 3.63) is 0 Å². The van der Waals surface area contributed by atoms with E-state index in [-0.39, 0.29) is 65.4 Å². The Morgan fingerprint density at radius 1 is 1.29 bits per heavy atom. The van der Waals surface area contributed by atoms with Crippen LogP contribution in [0.5, 0.6) is 0 Å². The van der Waals surface area contributed by atoms with Gasteiger partial charge in [-0.15, -0.1) is 9.78 Å². The molecule has 1 saturated heterocycles. The average Bonchev–Trinajstić information content (AvgIpc) is 1.76. The maximum absolute atomic E-state index is 7.74. The molecule has 1 heterocycles. The minimum atomic E-state index is -2.25. The molecule has 1 aliphatic rings. The van der Waals surface area contributed by atoms with Crippen LogP contribution in [0.25, 0.3) is 0 Å². The van der Waals surface area contributed by atoms with Gasteiger partial charge >= 0.3 is 51.6 Å². The fourth-order valence-corrected chi connectivity index (χ4v) is 0.0373. The van der Waals surface area contributed by atoms with Crippen LogP contribution in [0.2, 0.25) is 0 Å². The second-order valence-electron chi connectivity index (χ2n) is 0.715. The third-order valence-corrected chi connectivity index (χ3v) is 0.232. The largest absolute Gasteiger partial charge is 2.00 e. The summed E-state index contributed by atoms with van der Waals surface area (Å²) in [6.45, 7) is 0. The summed E-state index contributed by atoms with van der Waals surface area (Å²) in [4.78, 5) is 7.01. The van der Waals surface area contributed by atoms with Crippen molar-refractivity contribution in [2.45, 2.75) is 6.16 Å². The van der Waals surface area contributed by atoms with Gasteiger partial charge in [0.25, 0.3) is 0 Å². The fraction of sp³-hybridized carbons (Fsp3) is 1.00. The number of rotatable bonds is 0. The zero-order valence-electron chi connectivity index (χ0n) is 5.27. The van der Waals surface area contributed by atoms with Crippen LogP contribution in [0.3, 0.4) is 0 Å². The molecule has 6 heteroatoms. The van der Waals surface area contributed by atoms with Crippen molar-refractivity contribution < 1.29 is 39.9 Å². The summed E-state index contributed by atoms with van der Waals surface area (Å²) in [5.41, 5.74) is 0. The Morgan fingerprint density at radius 3 is 1.43 bits per heavy atom. The molecule has 0 unspecified atom stereocenters. The molecular formula is CH4FeO4Sr. The molecule has 0 aromatic heterocycles. The number of aliphatic hydroxyl groups is 2. The van der Waals surface area contributed by atoms with Crippen LogP contribution in [0.1, 0.15) is 2.85 Å². The third-order valence-electron chi connectivity index (χ3n) is 0.232. The summed E-state index contributed by atoms with van der Waals surface area (Å²) in [6, 6.07) is 0. The Kier molecular flexibility index (Phi) is 6.29. The van der Waals surface area contributed by atoms with E-state index in [1.54, 1.807) is 0 Å². The molecule has 0 aliphatic carbocycles. The Morgan fingerprint density at radius 2 is 1.43 bits per heavy atom. The van der Waals surface area contributed by atoms with E-state index in [1.807, 2.05) is 0 Å². The molecule has 0 amide bonds. The molecule has 0 bridgehead atoms. The molecule has 0 aromatic carbocycles. The molecule has 4 nitrogen and oxygen atoms in total. The summed E-state index contributed by atoms with van der Waals surface area (Å²) in [5, 5.41) is 15.5. The van der Waals surface area contributed by atoms with E-state index < -0.39 is 6.16 Å². The van der Waals surface area contributed by atoms with Gasteiger partial charge in [0, 0.05) is 17.1 Å². The van der Waals surface area contributed by atoms with E-state index >= 15 is 0 Å². The van der Waals surface area contributed by atoms with Crippen LogP contribution >= 0.6 is 0 Å². The predicted molar refractivity (Wildman–Crippen MR) is 17.3 cm³/mol. The summed E-state index contributed by atoms with van der Waals surface area (Å²) < 4.78 is 0. The summed E-state index contributed by atoms with van der Waals surface area (Å²) >= 11 is 0. The first kappa shape index (κ1) is 11.6. The Hall–Kier alpha value is 1.84. The third kappa shape index (κ3) is 5.72. The SMILES string of the molecule is OC1(O)OO1.[Fe].[H-].[H-].[Sr+2]. The topological polar surface area (TPSA) is 65.5 Å². The molecule has 0 radical (unpaired) electrons. The zero-order chi connectivity index (χ0) is 3.91. The van der Waals surface area contributed by atoms with Gasteiger partial charge < -0.3 is 13.1 Å². The Labute approximate surface area is 90.4 Å². The molecule has 0 spiro atoms. The average molecular weight is 224 g/mol. The zero-order valence-corrected chi connectivity index (χ0v) is 7.85. The van der Waals surface area contributed by atoms with Crippen molar-refractivity contribution in [1.82, 2.24) is 0 Å². The van der Waals surface area contributed by atoms with Gasteiger partial charge in [0.1, 0.15) is 0 Å². The maximum atomic E-state index is 7.74. The molecule has 42 valence electrons. The first-order valence-corrected chi connectivity index (χ1v) is 1.02. The van der Waals surface area contributed by atoms with Crippen LogP contribution in [0, 0.1) is 0 Å². The van der Waals surface area contributed by atoms with E-state index in [9.17, 15) is 0 Å². The maximum Gasteiger partial charge on any atom is 2.00 e. The van der Waals surface area contributed by atoms with Crippen molar-refractivity contribution in [2.75, 3.05) is 0 Å². The van der Waals surface area contributed by atoms with E-state index in [2.05, 4.69) is 9.78 Å². The molecule has 1 rings (SSSR count). The molecule has 0 aromatic rings. The van der Waals surface area contributed by atoms with E-state index in [1.165, 1.54) is 0 Å². The first-order valence-electron chi connectivity index (χ1n) is 1.02. The van der Waals surface area contributed by atoms with E-state index in [0.717, 1.165) is 0 Å². The second kappa shape index (κ2) is 3.79. The van der Waals surface area contributed by atoms with Crippen molar-refractivity contribution in [3.8, 4) is 0 Å². The molecule has 7 heavy (non-hydrogen) atoms. The van der Waals surface area contributed by atoms with Crippen molar-refractivity contribution >= 4 is 45.5 Å². The van der Waals surface area contributed by atoms with Crippen LogP contribution in [0.4, 0.5) is 0 Å². The number of hydrogen-bond donors (Lipinski definition) is 2. The molecule has 1 aliphatic heterocycles. The minimum absolute atomic E-state index is 0. The van der Waals surface area contributed by atoms with Crippen molar-refractivity contribution in [1.29, 1.82) is 0 Å². The summed E-state index contributed by atoms with van der Waals surface area (Å²) in [7, 11) is 0. The van der Waals surface area contributed by atoms with Gasteiger partial charge in [-0.05, 0) is 0 Å². The van der Waals surface area contributed by atoms with Crippen LogP contribution in [0.15, 0.2) is 0 Å². The van der Waals surface area contributed by atoms with Gasteiger partial charge in [-0.1, -0.05) is 0 Å². The molecule has 1 fully saturated rings. The smallest absolute Gasteiger partial charge is 1.00 e. The first-order chi connectivity index (χ1) is 2.21. The summed E-state index contributed by atoms with van der Waals surface area (Å²) in [5.74, 6) is 0. The second-order valence-corrected chi connectivity index (χ2v) is 0.715. The standard InChI is InChI=1S/CH2O4.Fe.Sr.2H/c2-1(3)4-5-1;;;;/h2-3H;;;;/q;;+2;2*-1. The Bertz CT molecular complexity index is 56.5. The monoisotopic (exact) mass is 224 g/mol. The van der Waals surface area contributed by atoms with Crippen molar-refractivity contribution in [3.63, 3.8) is 0 Å². The van der Waals surface area contributed by atoms with E-state index in [0.29, 0.717) is 0 Å². The van der Waals surface area contributed by atoms with Gasteiger partial charge in [0.15, 0.2) is 0 Å². The van der Waals surface area contributed by atoms with E-state index in [4.69, 9.17) is 10.2 Å². The normalized spacial score (nSPS) is 21.4.